The van der Waals surface area contributed by atoms with Crippen molar-refractivity contribution in [2.24, 2.45) is 0 Å². The van der Waals surface area contributed by atoms with E-state index in [2.05, 4.69) is 64.1 Å². The monoisotopic (exact) mass is 335 g/mol. The van der Waals surface area contributed by atoms with Crippen LogP contribution in [0.25, 0.3) is 11.0 Å². The van der Waals surface area contributed by atoms with Gasteiger partial charge in [0.25, 0.3) is 0 Å². The van der Waals surface area contributed by atoms with E-state index in [0.717, 1.165) is 14.6 Å². The molecule has 0 saturated carbocycles. The van der Waals surface area contributed by atoms with Gasteiger partial charge in [0, 0.05) is 15.3 Å². The van der Waals surface area contributed by atoms with E-state index in [1.807, 2.05) is 0 Å². The quantitative estimate of drug-likeness (QED) is 0.545. The highest BCUT2D eigenvalue weighted by Crippen LogP contribution is 2.30. The summed E-state index contributed by atoms with van der Waals surface area (Å²) < 4.78 is 3.21. The summed E-state index contributed by atoms with van der Waals surface area (Å²) in [5.74, 6) is 0. The molecule has 0 amide bonds. The average Bonchev–Trinajstić information content (AvgIpc) is 2.44. The molecule has 2 aromatic heterocycles. The van der Waals surface area contributed by atoms with Crippen molar-refractivity contribution in [3.05, 3.63) is 21.2 Å². The molecule has 0 unspecified atom stereocenters. The molecular weight excluding hydrogens is 324 g/mol. The summed E-state index contributed by atoms with van der Waals surface area (Å²) in [5.41, 5.74) is 0.895. The molecule has 5 heteroatoms. The molecule has 0 radical (unpaired) electrons. The lowest BCUT2D eigenvalue weighted by atomic mass is 10.1. The van der Waals surface area contributed by atoms with Crippen LogP contribution in [0.3, 0.4) is 0 Å². The summed E-state index contributed by atoms with van der Waals surface area (Å²) in [5, 5.41) is 1.46. The minimum atomic E-state index is -0.000641. The van der Waals surface area contributed by atoms with Crippen LogP contribution in [0.2, 0.25) is 5.15 Å². The molecule has 0 aliphatic carbocycles. The zero-order chi connectivity index (χ0) is 11.2. The van der Waals surface area contributed by atoms with Gasteiger partial charge < -0.3 is 4.57 Å². The second kappa shape index (κ2) is 3.59. The van der Waals surface area contributed by atoms with Gasteiger partial charge in [0.1, 0.15) is 17.1 Å². The first-order valence-electron chi connectivity index (χ1n) is 4.59. The lowest BCUT2D eigenvalue weighted by molar-refractivity contribution is 0.408. The number of aromatic nitrogens is 3. The third-order valence-electron chi connectivity index (χ3n) is 2.21. The molecule has 0 saturated heterocycles. The maximum atomic E-state index is 6.06. The van der Waals surface area contributed by atoms with Crippen molar-refractivity contribution in [3.63, 3.8) is 0 Å². The summed E-state index contributed by atoms with van der Waals surface area (Å²) in [6, 6.07) is 0. The third-order valence-corrected chi connectivity index (χ3v) is 3.32. The molecule has 2 rings (SSSR count). The number of fused-ring (bicyclic) bond motifs is 1. The maximum Gasteiger partial charge on any atom is 0.146 e. The van der Waals surface area contributed by atoms with Gasteiger partial charge in [-0.3, -0.25) is 0 Å². The summed E-state index contributed by atoms with van der Waals surface area (Å²) in [6.45, 7) is 6.41. The van der Waals surface area contributed by atoms with E-state index in [-0.39, 0.29) is 5.54 Å². The Morgan fingerprint density at radius 3 is 2.60 bits per heavy atom. The number of rotatable bonds is 0. The van der Waals surface area contributed by atoms with E-state index in [4.69, 9.17) is 11.6 Å². The molecule has 0 bridgehead atoms. The largest absolute Gasteiger partial charge is 0.326 e. The second-order valence-electron chi connectivity index (χ2n) is 4.38. The molecule has 0 N–H and O–H groups in total. The molecule has 0 fully saturated rings. The van der Waals surface area contributed by atoms with Crippen molar-refractivity contribution >= 4 is 45.2 Å². The standard InChI is InChI=1S/C10H11ClIN3/c1-10(2,3)15-4-6(12)7-8(11)13-5-14-9(7)15/h4-5H,1-3H3. The van der Waals surface area contributed by atoms with Crippen LogP contribution in [0.5, 0.6) is 0 Å². The van der Waals surface area contributed by atoms with Gasteiger partial charge in [-0.15, -0.1) is 0 Å². The first kappa shape index (κ1) is 11.1. The molecule has 15 heavy (non-hydrogen) atoms. The molecule has 0 aliphatic rings. The van der Waals surface area contributed by atoms with Crippen LogP contribution in [0, 0.1) is 3.57 Å². The summed E-state index contributed by atoms with van der Waals surface area (Å²) in [7, 11) is 0. The summed E-state index contributed by atoms with van der Waals surface area (Å²) in [4.78, 5) is 8.29. The van der Waals surface area contributed by atoms with Gasteiger partial charge in [-0.1, -0.05) is 11.6 Å². The molecule has 0 atom stereocenters. The molecule has 3 nitrogen and oxygen atoms in total. The van der Waals surface area contributed by atoms with E-state index in [1.165, 1.54) is 6.33 Å². The molecule has 2 heterocycles. The van der Waals surface area contributed by atoms with Gasteiger partial charge in [-0.25, -0.2) is 9.97 Å². The smallest absolute Gasteiger partial charge is 0.146 e. The SMILES string of the molecule is CC(C)(C)n1cc(I)c2c(Cl)ncnc21. The zero-order valence-corrected chi connectivity index (χ0v) is 11.7. The van der Waals surface area contributed by atoms with Crippen molar-refractivity contribution in [2.75, 3.05) is 0 Å². The fourth-order valence-corrected chi connectivity index (χ4v) is 2.66. The van der Waals surface area contributed by atoms with Crippen LogP contribution < -0.4 is 0 Å². The number of halogens is 2. The van der Waals surface area contributed by atoms with Crippen molar-refractivity contribution in [1.29, 1.82) is 0 Å². The Labute approximate surface area is 107 Å². The number of hydrogen-bond donors (Lipinski definition) is 0. The van der Waals surface area contributed by atoms with Crippen molar-refractivity contribution in [2.45, 2.75) is 26.3 Å². The third kappa shape index (κ3) is 1.85. The Balaban J connectivity index is 2.85. The summed E-state index contributed by atoms with van der Waals surface area (Å²) >= 11 is 8.32. The van der Waals surface area contributed by atoms with Crippen LogP contribution in [0.1, 0.15) is 20.8 Å². The maximum absolute atomic E-state index is 6.06. The molecule has 0 aromatic carbocycles. The van der Waals surface area contributed by atoms with Crippen molar-refractivity contribution < 1.29 is 0 Å². The van der Waals surface area contributed by atoms with Gasteiger partial charge >= 0.3 is 0 Å². The molecule has 0 aliphatic heterocycles. The highest BCUT2D eigenvalue weighted by Gasteiger charge is 2.20. The first-order chi connectivity index (χ1) is 6.91. The second-order valence-corrected chi connectivity index (χ2v) is 5.90. The van der Waals surface area contributed by atoms with E-state index in [9.17, 15) is 0 Å². The lowest BCUT2D eigenvalue weighted by Gasteiger charge is -2.21. The highest BCUT2D eigenvalue weighted by molar-refractivity contribution is 14.1. The summed E-state index contributed by atoms with van der Waals surface area (Å²) in [6.07, 6.45) is 3.56. The normalized spacial score (nSPS) is 12.3. The zero-order valence-electron chi connectivity index (χ0n) is 8.75. The fraction of sp³-hybridized carbons (Fsp3) is 0.400. The van der Waals surface area contributed by atoms with Crippen molar-refractivity contribution in [3.8, 4) is 0 Å². The predicted octanol–water partition coefficient (Wildman–Crippen LogP) is 3.44. The van der Waals surface area contributed by atoms with Gasteiger partial charge in [-0.2, -0.15) is 0 Å². The van der Waals surface area contributed by atoms with Crippen LogP contribution in [0.15, 0.2) is 12.5 Å². The fourth-order valence-electron chi connectivity index (χ4n) is 1.49. The minimum absolute atomic E-state index is 0.000641. The molecule has 2 aromatic rings. The molecule has 80 valence electrons. The van der Waals surface area contributed by atoms with Crippen LogP contribution >= 0.6 is 34.2 Å². The van der Waals surface area contributed by atoms with Crippen LogP contribution in [-0.2, 0) is 5.54 Å². The Morgan fingerprint density at radius 2 is 2.00 bits per heavy atom. The van der Waals surface area contributed by atoms with Gasteiger partial charge in [0.05, 0.1) is 5.39 Å². The first-order valence-corrected chi connectivity index (χ1v) is 6.04. The Hall–Kier alpha value is -0.360. The van der Waals surface area contributed by atoms with Crippen molar-refractivity contribution in [1.82, 2.24) is 14.5 Å². The van der Waals surface area contributed by atoms with Gasteiger partial charge in [0.15, 0.2) is 0 Å². The molecule has 0 spiro atoms. The Morgan fingerprint density at radius 1 is 1.33 bits per heavy atom. The minimum Gasteiger partial charge on any atom is -0.326 e. The van der Waals surface area contributed by atoms with E-state index in [0.29, 0.717) is 5.15 Å². The lowest BCUT2D eigenvalue weighted by Crippen LogP contribution is -2.20. The van der Waals surface area contributed by atoms with Crippen LogP contribution in [-0.4, -0.2) is 14.5 Å². The van der Waals surface area contributed by atoms with Crippen LogP contribution in [0.4, 0.5) is 0 Å². The van der Waals surface area contributed by atoms with Gasteiger partial charge in [0.2, 0.25) is 0 Å². The number of hydrogen-bond acceptors (Lipinski definition) is 2. The van der Waals surface area contributed by atoms with E-state index >= 15 is 0 Å². The Bertz CT molecular complexity index is 513. The van der Waals surface area contributed by atoms with Gasteiger partial charge in [-0.05, 0) is 43.4 Å². The average molecular weight is 336 g/mol. The predicted molar refractivity (Wildman–Crippen MR) is 70.3 cm³/mol. The highest BCUT2D eigenvalue weighted by atomic mass is 127. The number of nitrogens with zero attached hydrogens (tertiary/aromatic N) is 3. The molecular formula is C10H11ClIN3. The van der Waals surface area contributed by atoms with E-state index < -0.39 is 0 Å². The topological polar surface area (TPSA) is 30.7 Å². The van der Waals surface area contributed by atoms with E-state index in [1.54, 1.807) is 0 Å². The Kier molecular flexibility index (Phi) is 2.66.